The van der Waals surface area contributed by atoms with E-state index in [1.807, 2.05) is 0 Å². The number of unbranched alkanes of at least 4 members (excludes halogenated alkanes) is 3. The van der Waals surface area contributed by atoms with E-state index in [4.69, 9.17) is 5.11 Å². The van der Waals surface area contributed by atoms with Gasteiger partial charge in [0, 0.05) is 12.6 Å². The molecule has 1 saturated heterocycles. The number of carboxylic acids is 1. The van der Waals surface area contributed by atoms with E-state index >= 15 is 0 Å². The number of hydrogen-bond donors (Lipinski definition) is 4. The summed E-state index contributed by atoms with van der Waals surface area (Å²) < 4.78 is 0. The highest BCUT2D eigenvalue weighted by atomic mass is 16.4. The zero-order valence-electron chi connectivity index (χ0n) is 10.3. The maximum Gasteiger partial charge on any atom is 0.310 e. The molecule has 1 fully saturated rings. The molecule has 1 aliphatic heterocycles. The van der Waals surface area contributed by atoms with Crippen LogP contribution in [0.25, 0.3) is 0 Å². The Bertz CT molecular complexity index is 247. The first-order valence-electron chi connectivity index (χ1n) is 6.40. The molecular weight excluding hydrogens is 222 g/mol. The number of β-amino-alcohol motifs (C(OH)–C–C–N with tert-alkyl or cyclic N) is 1. The molecule has 17 heavy (non-hydrogen) atoms. The van der Waals surface area contributed by atoms with Gasteiger partial charge in [0.2, 0.25) is 0 Å². The first-order chi connectivity index (χ1) is 8.07. The first-order valence-corrected chi connectivity index (χ1v) is 6.40. The molecule has 0 aromatic heterocycles. The van der Waals surface area contributed by atoms with Crippen LogP contribution in [0.15, 0.2) is 0 Å². The number of piperidine rings is 1. The molecule has 0 aromatic carbocycles. The Kier molecular flexibility index (Phi) is 5.88. The highest BCUT2D eigenvalue weighted by Crippen LogP contribution is 2.22. The standard InChI is InChI=1S/C12H23NO4/c1-2-3-4-5-6-8-10(12(16)17)11(15)9(14)7-13-8/h8-11,13-15H,2-7H2,1H3,(H,16,17)/t8-,9+,10-,11-/m0/s1. The lowest BCUT2D eigenvalue weighted by molar-refractivity contribution is -0.154. The molecule has 0 bridgehead atoms. The average Bonchev–Trinajstić information content (AvgIpc) is 2.28. The fraction of sp³-hybridized carbons (Fsp3) is 0.917. The SMILES string of the molecule is CCCCCC[C@@H]1NC[C@@H](O)[C@H](O)[C@H]1C(=O)O. The van der Waals surface area contributed by atoms with Gasteiger partial charge in [0.15, 0.2) is 0 Å². The molecule has 5 nitrogen and oxygen atoms in total. The summed E-state index contributed by atoms with van der Waals surface area (Å²) >= 11 is 0. The smallest absolute Gasteiger partial charge is 0.310 e. The van der Waals surface area contributed by atoms with Gasteiger partial charge < -0.3 is 20.6 Å². The Morgan fingerprint density at radius 2 is 2.00 bits per heavy atom. The molecule has 0 aromatic rings. The van der Waals surface area contributed by atoms with Crippen molar-refractivity contribution in [2.24, 2.45) is 5.92 Å². The van der Waals surface area contributed by atoms with Gasteiger partial charge in [-0.2, -0.15) is 0 Å². The van der Waals surface area contributed by atoms with Gasteiger partial charge in [0.25, 0.3) is 0 Å². The topological polar surface area (TPSA) is 89.8 Å². The molecule has 0 spiro atoms. The van der Waals surface area contributed by atoms with E-state index in [1.54, 1.807) is 0 Å². The molecule has 1 aliphatic rings. The summed E-state index contributed by atoms with van der Waals surface area (Å²) in [6.07, 6.45) is 2.92. The lowest BCUT2D eigenvalue weighted by Gasteiger charge is -2.36. The van der Waals surface area contributed by atoms with Crippen LogP contribution in [0.2, 0.25) is 0 Å². The van der Waals surface area contributed by atoms with Gasteiger partial charge in [-0.25, -0.2) is 0 Å². The lowest BCUT2D eigenvalue weighted by atomic mass is 9.84. The molecule has 0 unspecified atom stereocenters. The number of rotatable bonds is 6. The van der Waals surface area contributed by atoms with Crippen molar-refractivity contribution in [3.63, 3.8) is 0 Å². The van der Waals surface area contributed by atoms with E-state index in [0.29, 0.717) is 0 Å². The second-order valence-electron chi connectivity index (χ2n) is 4.79. The predicted molar refractivity (Wildman–Crippen MR) is 63.7 cm³/mol. The van der Waals surface area contributed by atoms with Crippen LogP contribution in [0, 0.1) is 5.92 Å². The number of hydrogen-bond acceptors (Lipinski definition) is 4. The van der Waals surface area contributed by atoms with Crippen LogP contribution in [0.4, 0.5) is 0 Å². The van der Waals surface area contributed by atoms with Crippen LogP contribution < -0.4 is 5.32 Å². The molecule has 0 aliphatic carbocycles. The van der Waals surface area contributed by atoms with Crippen molar-refractivity contribution in [3.8, 4) is 0 Å². The van der Waals surface area contributed by atoms with Gasteiger partial charge >= 0.3 is 5.97 Å². The van der Waals surface area contributed by atoms with Crippen molar-refractivity contribution in [2.45, 2.75) is 57.3 Å². The largest absolute Gasteiger partial charge is 0.481 e. The number of aliphatic hydroxyl groups excluding tert-OH is 2. The van der Waals surface area contributed by atoms with E-state index < -0.39 is 24.1 Å². The van der Waals surface area contributed by atoms with Crippen molar-refractivity contribution >= 4 is 5.97 Å². The van der Waals surface area contributed by atoms with E-state index in [2.05, 4.69) is 12.2 Å². The fourth-order valence-corrected chi connectivity index (χ4v) is 2.39. The molecule has 0 amide bonds. The van der Waals surface area contributed by atoms with Crippen molar-refractivity contribution in [2.75, 3.05) is 6.54 Å². The number of aliphatic hydroxyl groups is 2. The molecule has 1 heterocycles. The fourth-order valence-electron chi connectivity index (χ4n) is 2.39. The normalized spacial score (nSPS) is 33.6. The summed E-state index contributed by atoms with van der Waals surface area (Å²) in [7, 11) is 0. The Labute approximate surface area is 102 Å². The Hall–Kier alpha value is -0.650. The molecule has 0 radical (unpaired) electrons. The van der Waals surface area contributed by atoms with Crippen molar-refractivity contribution in [3.05, 3.63) is 0 Å². The molecule has 1 rings (SSSR count). The minimum atomic E-state index is -1.16. The number of nitrogens with one attached hydrogen (secondary N) is 1. The maximum absolute atomic E-state index is 11.1. The van der Waals surface area contributed by atoms with Crippen molar-refractivity contribution < 1.29 is 20.1 Å². The second-order valence-corrected chi connectivity index (χ2v) is 4.79. The van der Waals surface area contributed by atoms with Gasteiger partial charge in [-0.3, -0.25) is 4.79 Å². The third-order valence-corrected chi connectivity index (χ3v) is 3.44. The zero-order valence-corrected chi connectivity index (χ0v) is 10.3. The quantitative estimate of drug-likeness (QED) is 0.507. The van der Waals surface area contributed by atoms with Crippen LogP contribution >= 0.6 is 0 Å². The van der Waals surface area contributed by atoms with Gasteiger partial charge in [0.05, 0.1) is 12.2 Å². The minimum Gasteiger partial charge on any atom is -0.481 e. The Morgan fingerprint density at radius 1 is 1.29 bits per heavy atom. The van der Waals surface area contributed by atoms with Crippen LogP contribution in [-0.2, 0) is 4.79 Å². The third-order valence-electron chi connectivity index (χ3n) is 3.44. The summed E-state index contributed by atoms with van der Waals surface area (Å²) in [6, 6.07) is -0.234. The molecule has 0 saturated carbocycles. The summed E-state index contributed by atoms with van der Waals surface area (Å²) in [6.45, 7) is 2.39. The van der Waals surface area contributed by atoms with Gasteiger partial charge in [-0.05, 0) is 6.42 Å². The van der Waals surface area contributed by atoms with Crippen molar-refractivity contribution in [1.82, 2.24) is 5.32 Å². The average molecular weight is 245 g/mol. The Balaban J connectivity index is 2.48. The van der Waals surface area contributed by atoms with E-state index in [9.17, 15) is 15.0 Å². The lowest BCUT2D eigenvalue weighted by Crippen LogP contribution is -2.58. The molecule has 4 N–H and O–H groups in total. The van der Waals surface area contributed by atoms with Crippen LogP contribution in [0.1, 0.15) is 39.0 Å². The number of aliphatic carboxylic acids is 1. The zero-order chi connectivity index (χ0) is 12.8. The maximum atomic E-state index is 11.1. The Morgan fingerprint density at radius 3 is 2.59 bits per heavy atom. The molecule has 100 valence electrons. The van der Waals surface area contributed by atoms with Gasteiger partial charge in [0.1, 0.15) is 5.92 Å². The second kappa shape index (κ2) is 6.93. The summed E-state index contributed by atoms with van der Waals surface area (Å²) in [5.74, 6) is -1.94. The van der Waals surface area contributed by atoms with E-state index in [0.717, 1.165) is 32.1 Å². The van der Waals surface area contributed by atoms with Gasteiger partial charge in [-0.1, -0.05) is 32.6 Å². The highest BCUT2D eigenvalue weighted by molar-refractivity contribution is 5.72. The van der Waals surface area contributed by atoms with E-state index in [-0.39, 0.29) is 12.6 Å². The third kappa shape index (κ3) is 3.94. The summed E-state index contributed by atoms with van der Waals surface area (Å²) in [4.78, 5) is 11.1. The van der Waals surface area contributed by atoms with Crippen LogP contribution in [-0.4, -0.2) is 46.1 Å². The van der Waals surface area contributed by atoms with E-state index in [1.165, 1.54) is 0 Å². The molecular formula is C12H23NO4. The number of carbonyl (C=O) groups is 1. The van der Waals surface area contributed by atoms with Crippen molar-refractivity contribution in [1.29, 1.82) is 0 Å². The first kappa shape index (κ1) is 14.4. The summed E-state index contributed by atoms with van der Waals surface area (Å²) in [5.41, 5.74) is 0. The van der Waals surface area contributed by atoms with Crippen LogP contribution in [0.5, 0.6) is 0 Å². The van der Waals surface area contributed by atoms with Crippen LogP contribution in [0.3, 0.4) is 0 Å². The monoisotopic (exact) mass is 245 g/mol. The van der Waals surface area contributed by atoms with Gasteiger partial charge in [-0.15, -0.1) is 0 Å². The molecule has 4 atom stereocenters. The minimum absolute atomic E-state index is 0.234. The number of carboxylic acid groups (broad SMARTS) is 1. The molecule has 5 heteroatoms. The predicted octanol–water partition coefficient (Wildman–Crippen LogP) is 0.351. The summed E-state index contributed by atoms with van der Waals surface area (Å²) in [5, 5.41) is 31.3. The highest BCUT2D eigenvalue weighted by Gasteiger charge is 2.41.